The molecule has 3 aromatic carbocycles. The third-order valence-electron chi connectivity index (χ3n) is 6.17. The monoisotopic (exact) mass is 535 g/mol. The minimum atomic E-state index is -0.718. The summed E-state index contributed by atoms with van der Waals surface area (Å²) in [7, 11) is 0. The topological polar surface area (TPSA) is 146 Å². The highest BCUT2D eigenvalue weighted by Crippen LogP contribution is 2.34. The number of non-ortho nitro benzene ring substituents is 1. The highest BCUT2D eigenvalue weighted by Gasteiger charge is 2.22. The zero-order valence-corrected chi connectivity index (χ0v) is 21.1. The van der Waals surface area contributed by atoms with Crippen LogP contribution in [0.15, 0.2) is 107 Å². The number of hydrogen-bond acceptors (Lipinski definition) is 7. The molecule has 5 rings (SSSR count). The minimum absolute atomic E-state index is 0.0766. The van der Waals surface area contributed by atoms with Crippen LogP contribution in [-0.2, 0) is 0 Å². The Kier molecular flexibility index (Phi) is 7.01. The Hall–Kier alpha value is -5.84. The van der Waals surface area contributed by atoms with Crippen molar-refractivity contribution in [2.24, 2.45) is 5.10 Å². The number of rotatable bonds is 8. The van der Waals surface area contributed by atoms with Crippen LogP contribution < -0.4 is 5.43 Å². The Morgan fingerprint density at radius 1 is 0.900 bits per heavy atom. The molecule has 2 aromatic heterocycles. The van der Waals surface area contributed by atoms with E-state index < -0.39 is 27.1 Å². The summed E-state index contributed by atoms with van der Waals surface area (Å²) in [6.45, 7) is 2.02. The van der Waals surface area contributed by atoms with Crippen LogP contribution in [0.4, 0.5) is 11.4 Å². The van der Waals surface area contributed by atoms with Gasteiger partial charge in [-0.15, -0.1) is 0 Å². The van der Waals surface area contributed by atoms with Crippen molar-refractivity contribution in [3.63, 3.8) is 0 Å². The molecule has 5 aromatic rings. The number of nitrogens with one attached hydrogen (secondary N) is 1. The summed E-state index contributed by atoms with van der Waals surface area (Å²) in [6.07, 6.45) is 1.25. The van der Waals surface area contributed by atoms with E-state index in [4.69, 9.17) is 4.42 Å². The summed E-state index contributed by atoms with van der Waals surface area (Å²) >= 11 is 0. The summed E-state index contributed by atoms with van der Waals surface area (Å²) in [5, 5.41) is 26.3. The van der Waals surface area contributed by atoms with E-state index in [1.54, 1.807) is 12.1 Å². The Labute approximate surface area is 227 Å². The molecule has 2 heterocycles. The van der Waals surface area contributed by atoms with Crippen LogP contribution in [0.1, 0.15) is 21.8 Å². The van der Waals surface area contributed by atoms with Crippen molar-refractivity contribution in [2.75, 3.05) is 0 Å². The SMILES string of the molecule is Cc1ccc(-c2ccccc2)n1-c1ccc(C(=O)N/N=C/c2ccc(-c3ccc([N+](=O)[O-])cc3[N+](=O)[O-])o2)cc1. The molecule has 0 saturated carbocycles. The van der Waals surface area contributed by atoms with Crippen LogP contribution in [0.3, 0.4) is 0 Å². The molecule has 0 atom stereocenters. The Bertz CT molecular complexity index is 1750. The van der Waals surface area contributed by atoms with E-state index >= 15 is 0 Å². The Balaban J connectivity index is 1.28. The molecule has 0 aliphatic carbocycles. The fraction of sp³-hybridized carbons (Fsp3) is 0.0345. The maximum Gasteiger partial charge on any atom is 0.287 e. The number of nitro groups is 2. The van der Waals surface area contributed by atoms with Gasteiger partial charge in [-0.1, -0.05) is 30.3 Å². The molecule has 11 heteroatoms. The molecule has 0 fully saturated rings. The van der Waals surface area contributed by atoms with Gasteiger partial charge < -0.3 is 8.98 Å². The quantitative estimate of drug-likeness (QED) is 0.140. The van der Waals surface area contributed by atoms with Crippen molar-refractivity contribution in [2.45, 2.75) is 6.92 Å². The normalized spacial score (nSPS) is 11.0. The molecule has 0 bridgehead atoms. The average molecular weight is 536 g/mol. The van der Waals surface area contributed by atoms with E-state index in [1.165, 1.54) is 24.4 Å². The van der Waals surface area contributed by atoms with Gasteiger partial charge in [-0.25, -0.2) is 5.43 Å². The second-order valence-corrected chi connectivity index (χ2v) is 8.73. The summed E-state index contributed by atoms with van der Waals surface area (Å²) in [5.41, 5.74) is 6.12. The van der Waals surface area contributed by atoms with Crippen molar-refractivity contribution in [3.05, 3.63) is 134 Å². The Morgan fingerprint density at radius 3 is 2.35 bits per heavy atom. The van der Waals surface area contributed by atoms with Crippen molar-refractivity contribution in [1.29, 1.82) is 0 Å². The highest BCUT2D eigenvalue weighted by molar-refractivity contribution is 5.95. The summed E-state index contributed by atoms with van der Waals surface area (Å²) in [4.78, 5) is 33.6. The second-order valence-electron chi connectivity index (χ2n) is 8.73. The predicted molar refractivity (Wildman–Crippen MR) is 148 cm³/mol. The second kappa shape index (κ2) is 10.9. The number of benzene rings is 3. The number of carbonyl (C=O) groups excluding carboxylic acids is 1. The molecule has 0 unspecified atom stereocenters. The third kappa shape index (κ3) is 5.24. The molecular weight excluding hydrogens is 514 g/mol. The first-order chi connectivity index (χ1) is 19.3. The molecule has 1 N–H and O–H groups in total. The number of furan rings is 1. The van der Waals surface area contributed by atoms with Gasteiger partial charge in [0.05, 0.1) is 33.4 Å². The number of aryl methyl sites for hydroxylation is 1. The summed E-state index contributed by atoms with van der Waals surface area (Å²) in [6, 6.07) is 27.5. The number of carbonyl (C=O) groups is 1. The van der Waals surface area contributed by atoms with Crippen LogP contribution in [-0.4, -0.2) is 26.5 Å². The van der Waals surface area contributed by atoms with E-state index in [0.717, 1.165) is 34.8 Å². The molecular formula is C29H21N5O6. The van der Waals surface area contributed by atoms with Gasteiger partial charge >= 0.3 is 0 Å². The first kappa shape index (κ1) is 25.8. The Morgan fingerprint density at radius 2 is 1.65 bits per heavy atom. The average Bonchev–Trinajstić information content (AvgIpc) is 3.60. The van der Waals surface area contributed by atoms with Crippen LogP contribution in [0, 0.1) is 27.2 Å². The van der Waals surface area contributed by atoms with Gasteiger partial charge in [-0.2, -0.15) is 5.10 Å². The lowest BCUT2D eigenvalue weighted by molar-refractivity contribution is -0.393. The van der Waals surface area contributed by atoms with E-state index in [9.17, 15) is 25.0 Å². The zero-order chi connectivity index (χ0) is 28.2. The van der Waals surface area contributed by atoms with Gasteiger partial charge in [0, 0.05) is 23.0 Å². The first-order valence-electron chi connectivity index (χ1n) is 12.0. The standard InChI is InChI=1S/C29H21N5O6/c1-19-7-15-26(20-5-3-2-4-6-20)32(19)22-10-8-21(9-11-22)29(35)31-30-18-24-13-16-28(40-24)25-14-12-23(33(36)37)17-27(25)34(38)39/h2-18H,1H3,(H,31,35)/b30-18+. The number of nitro benzene ring substituents is 2. The van der Waals surface area contributed by atoms with Gasteiger partial charge in [0.1, 0.15) is 11.5 Å². The molecule has 11 nitrogen and oxygen atoms in total. The van der Waals surface area contributed by atoms with Crippen molar-refractivity contribution >= 4 is 23.5 Å². The largest absolute Gasteiger partial charge is 0.455 e. The van der Waals surface area contributed by atoms with Crippen molar-refractivity contribution in [3.8, 4) is 28.3 Å². The molecule has 1 amide bonds. The van der Waals surface area contributed by atoms with Crippen LogP contribution in [0.5, 0.6) is 0 Å². The molecule has 0 aliphatic rings. The van der Waals surface area contributed by atoms with Crippen LogP contribution >= 0.6 is 0 Å². The van der Waals surface area contributed by atoms with Crippen LogP contribution in [0.2, 0.25) is 0 Å². The summed E-state index contributed by atoms with van der Waals surface area (Å²) in [5.74, 6) is -0.0944. The molecule has 198 valence electrons. The number of hydrogen-bond donors (Lipinski definition) is 1. The predicted octanol–water partition coefficient (Wildman–Crippen LogP) is 6.29. The van der Waals surface area contributed by atoms with Gasteiger partial charge in [-0.3, -0.25) is 25.0 Å². The number of nitrogens with zero attached hydrogens (tertiary/aromatic N) is 4. The number of hydrazone groups is 1. The molecule has 40 heavy (non-hydrogen) atoms. The number of aromatic nitrogens is 1. The lowest BCUT2D eigenvalue weighted by Gasteiger charge is -2.12. The van der Waals surface area contributed by atoms with E-state index in [2.05, 4.69) is 21.2 Å². The van der Waals surface area contributed by atoms with E-state index in [0.29, 0.717) is 5.56 Å². The first-order valence-corrected chi connectivity index (χ1v) is 12.0. The van der Waals surface area contributed by atoms with Gasteiger partial charge in [0.25, 0.3) is 17.3 Å². The zero-order valence-electron chi connectivity index (χ0n) is 21.1. The van der Waals surface area contributed by atoms with Gasteiger partial charge in [-0.05, 0) is 67.1 Å². The fourth-order valence-electron chi connectivity index (χ4n) is 4.26. The van der Waals surface area contributed by atoms with Crippen molar-refractivity contribution in [1.82, 2.24) is 9.99 Å². The lowest BCUT2D eigenvalue weighted by atomic mass is 10.1. The summed E-state index contributed by atoms with van der Waals surface area (Å²) < 4.78 is 7.70. The van der Waals surface area contributed by atoms with E-state index in [-0.39, 0.29) is 17.1 Å². The minimum Gasteiger partial charge on any atom is -0.455 e. The van der Waals surface area contributed by atoms with Crippen molar-refractivity contribution < 1.29 is 19.1 Å². The molecule has 0 spiro atoms. The maximum atomic E-state index is 12.6. The highest BCUT2D eigenvalue weighted by atomic mass is 16.6. The lowest BCUT2D eigenvalue weighted by Crippen LogP contribution is -2.17. The molecule has 0 saturated heterocycles. The fourth-order valence-corrected chi connectivity index (χ4v) is 4.26. The number of amides is 1. The van der Waals surface area contributed by atoms with Gasteiger partial charge in [0.2, 0.25) is 0 Å². The molecule has 0 aliphatic heterocycles. The molecule has 0 radical (unpaired) electrons. The van der Waals surface area contributed by atoms with E-state index in [1.807, 2.05) is 55.5 Å². The smallest absolute Gasteiger partial charge is 0.287 e. The van der Waals surface area contributed by atoms with Gasteiger partial charge in [0.15, 0.2) is 0 Å². The maximum absolute atomic E-state index is 12.6. The third-order valence-corrected chi connectivity index (χ3v) is 6.17. The van der Waals surface area contributed by atoms with Crippen LogP contribution in [0.25, 0.3) is 28.3 Å².